The van der Waals surface area contributed by atoms with E-state index < -0.39 is 0 Å². The summed E-state index contributed by atoms with van der Waals surface area (Å²) in [6.45, 7) is 8.92. The molecule has 0 saturated carbocycles. The van der Waals surface area contributed by atoms with Crippen molar-refractivity contribution in [1.82, 2.24) is 4.90 Å². The van der Waals surface area contributed by atoms with E-state index in [2.05, 4.69) is 18.9 Å². The summed E-state index contributed by atoms with van der Waals surface area (Å²) in [6, 6.07) is 0. The number of likely N-dealkylation sites (tertiary alicyclic amines) is 1. The molecule has 0 unspecified atom stereocenters. The second-order valence-corrected chi connectivity index (χ2v) is 2.50. The third kappa shape index (κ3) is 2.85. The van der Waals surface area contributed by atoms with Crippen LogP contribution < -0.4 is 0 Å². The fraction of sp³-hybridized carbons (Fsp3) is 1.00. The van der Waals surface area contributed by atoms with Gasteiger partial charge in [0.05, 0.1) is 0 Å². The summed E-state index contributed by atoms with van der Waals surface area (Å²) in [6.07, 6.45) is 1.37. The van der Waals surface area contributed by atoms with Gasteiger partial charge in [-0.1, -0.05) is 27.2 Å². The monoisotopic (exact) mass is 129 g/mol. The van der Waals surface area contributed by atoms with Gasteiger partial charge in [0.15, 0.2) is 0 Å². The van der Waals surface area contributed by atoms with E-state index in [-0.39, 0.29) is 0 Å². The Labute approximate surface area is 59.1 Å². The van der Waals surface area contributed by atoms with Crippen molar-refractivity contribution in [2.24, 2.45) is 5.92 Å². The summed E-state index contributed by atoms with van der Waals surface area (Å²) in [5.41, 5.74) is 0. The molecule has 0 N–H and O–H groups in total. The lowest BCUT2D eigenvalue weighted by atomic mass is 9.99. The molecule has 1 aliphatic heterocycles. The second kappa shape index (κ2) is 4.80. The molecule has 0 aromatic carbocycles. The van der Waals surface area contributed by atoms with Crippen molar-refractivity contribution in [3.8, 4) is 0 Å². The van der Waals surface area contributed by atoms with Gasteiger partial charge in [-0.05, 0) is 13.0 Å². The predicted molar refractivity (Wildman–Crippen MR) is 42.6 cm³/mol. The Balaban J connectivity index is 0.000000291. The van der Waals surface area contributed by atoms with Gasteiger partial charge in [0.1, 0.15) is 0 Å². The first-order valence-electron chi connectivity index (χ1n) is 4.01. The molecule has 0 aliphatic carbocycles. The van der Waals surface area contributed by atoms with Gasteiger partial charge in [-0.15, -0.1) is 0 Å². The molecule has 1 saturated heterocycles. The van der Waals surface area contributed by atoms with E-state index in [0.717, 1.165) is 5.92 Å². The topological polar surface area (TPSA) is 3.24 Å². The Morgan fingerprint density at radius 1 is 1.33 bits per heavy atom. The zero-order valence-electron chi connectivity index (χ0n) is 7.15. The molecule has 1 heteroatoms. The Morgan fingerprint density at radius 2 is 1.78 bits per heavy atom. The minimum absolute atomic E-state index is 1.02. The van der Waals surface area contributed by atoms with Gasteiger partial charge in [-0.2, -0.15) is 0 Å². The average molecular weight is 129 g/mol. The quantitative estimate of drug-likeness (QED) is 0.523. The van der Waals surface area contributed by atoms with Crippen LogP contribution in [-0.4, -0.2) is 25.0 Å². The smallest absolute Gasteiger partial charge is 0.00189 e. The standard InChI is InChI=1S/C6H13N.C2H6/c1-3-6-4-7(2)5-6;1-2/h6H,3-5H2,1-2H3;1-2H3. The normalized spacial score (nSPS) is 20.0. The SMILES string of the molecule is CC.CCC1CN(C)C1. The molecular formula is C8H19N. The molecule has 1 nitrogen and oxygen atoms in total. The van der Waals surface area contributed by atoms with E-state index in [1.54, 1.807) is 0 Å². The van der Waals surface area contributed by atoms with Crippen molar-refractivity contribution >= 4 is 0 Å². The molecule has 56 valence electrons. The van der Waals surface area contributed by atoms with Gasteiger partial charge in [0, 0.05) is 13.1 Å². The molecule has 1 heterocycles. The maximum absolute atomic E-state index is 2.36. The Hall–Kier alpha value is -0.0400. The van der Waals surface area contributed by atoms with E-state index in [0.29, 0.717) is 0 Å². The molecule has 0 aromatic heterocycles. The van der Waals surface area contributed by atoms with Crippen molar-refractivity contribution in [1.29, 1.82) is 0 Å². The number of nitrogens with zero attached hydrogens (tertiary/aromatic N) is 1. The van der Waals surface area contributed by atoms with Gasteiger partial charge in [0.25, 0.3) is 0 Å². The zero-order valence-corrected chi connectivity index (χ0v) is 7.15. The first kappa shape index (κ1) is 8.96. The van der Waals surface area contributed by atoms with Crippen LogP contribution in [0.5, 0.6) is 0 Å². The van der Waals surface area contributed by atoms with Crippen LogP contribution in [-0.2, 0) is 0 Å². The minimum Gasteiger partial charge on any atom is -0.306 e. The third-order valence-electron chi connectivity index (χ3n) is 1.72. The van der Waals surface area contributed by atoms with Crippen LogP contribution in [0.3, 0.4) is 0 Å². The lowest BCUT2D eigenvalue weighted by Gasteiger charge is -2.35. The van der Waals surface area contributed by atoms with Crippen molar-refractivity contribution in [3.05, 3.63) is 0 Å². The van der Waals surface area contributed by atoms with Gasteiger partial charge in [-0.25, -0.2) is 0 Å². The van der Waals surface area contributed by atoms with Gasteiger partial charge >= 0.3 is 0 Å². The Morgan fingerprint density at radius 3 is 1.89 bits per heavy atom. The van der Waals surface area contributed by atoms with Crippen molar-refractivity contribution in [3.63, 3.8) is 0 Å². The van der Waals surface area contributed by atoms with Crippen LogP contribution in [0.1, 0.15) is 27.2 Å². The average Bonchev–Trinajstić information content (AvgIpc) is 1.86. The highest BCUT2D eigenvalue weighted by atomic mass is 15.2. The fourth-order valence-corrected chi connectivity index (χ4v) is 1.09. The molecule has 1 fully saturated rings. The maximum Gasteiger partial charge on any atom is 0.00189 e. The van der Waals surface area contributed by atoms with Crippen molar-refractivity contribution in [2.75, 3.05) is 20.1 Å². The summed E-state index contributed by atoms with van der Waals surface area (Å²) in [4.78, 5) is 2.36. The van der Waals surface area contributed by atoms with Gasteiger partial charge in [0.2, 0.25) is 0 Å². The largest absolute Gasteiger partial charge is 0.306 e. The number of rotatable bonds is 1. The first-order chi connectivity index (χ1) is 4.33. The molecule has 0 spiro atoms. The highest BCUT2D eigenvalue weighted by Gasteiger charge is 2.19. The van der Waals surface area contributed by atoms with Crippen LogP contribution in [0.25, 0.3) is 0 Å². The molecule has 1 rings (SSSR count). The maximum atomic E-state index is 2.36. The van der Waals surface area contributed by atoms with E-state index in [1.807, 2.05) is 13.8 Å². The van der Waals surface area contributed by atoms with Crippen LogP contribution in [0.15, 0.2) is 0 Å². The predicted octanol–water partition coefficient (Wildman–Crippen LogP) is 1.98. The van der Waals surface area contributed by atoms with Crippen LogP contribution in [0.2, 0.25) is 0 Å². The molecule has 0 bridgehead atoms. The second-order valence-electron chi connectivity index (χ2n) is 2.50. The molecule has 1 aliphatic rings. The molecular weight excluding hydrogens is 110 g/mol. The fourth-order valence-electron chi connectivity index (χ4n) is 1.09. The lowest BCUT2D eigenvalue weighted by Crippen LogP contribution is -2.42. The number of hydrogen-bond acceptors (Lipinski definition) is 1. The molecule has 0 radical (unpaired) electrons. The summed E-state index contributed by atoms with van der Waals surface area (Å²) in [5.74, 6) is 1.02. The highest BCUT2D eigenvalue weighted by molar-refractivity contribution is 4.74. The molecule has 0 aromatic rings. The zero-order chi connectivity index (χ0) is 7.28. The van der Waals surface area contributed by atoms with Gasteiger partial charge in [-0.3, -0.25) is 0 Å². The Kier molecular flexibility index (Phi) is 4.78. The van der Waals surface area contributed by atoms with E-state index in [4.69, 9.17) is 0 Å². The van der Waals surface area contributed by atoms with E-state index in [1.165, 1.54) is 19.5 Å². The van der Waals surface area contributed by atoms with Crippen LogP contribution in [0.4, 0.5) is 0 Å². The van der Waals surface area contributed by atoms with Crippen molar-refractivity contribution in [2.45, 2.75) is 27.2 Å². The summed E-state index contributed by atoms with van der Waals surface area (Å²) in [7, 11) is 2.17. The summed E-state index contributed by atoms with van der Waals surface area (Å²) < 4.78 is 0. The van der Waals surface area contributed by atoms with Crippen LogP contribution in [0, 0.1) is 5.92 Å². The van der Waals surface area contributed by atoms with Gasteiger partial charge < -0.3 is 4.90 Å². The highest BCUT2D eigenvalue weighted by Crippen LogP contribution is 2.14. The van der Waals surface area contributed by atoms with Crippen LogP contribution >= 0.6 is 0 Å². The van der Waals surface area contributed by atoms with E-state index >= 15 is 0 Å². The first-order valence-corrected chi connectivity index (χ1v) is 4.01. The number of hydrogen-bond donors (Lipinski definition) is 0. The molecule has 0 atom stereocenters. The molecule has 9 heavy (non-hydrogen) atoms. The summed E-state index contributed by atoms with van der Waals surface area (Å²) in [5, 5.41) is 0. The third-order valence-corrected chi connectivity index (χ3v) is 1.72. The Bertz CT molecular complexity index is 55.6. The lowest BCUT2D eigenvalue weighted by molar-refractivity contribution is 0.131. The summed E-state index contributed by atoms with van der Waals surface area (Å²) >= 11 is 0. The molecule has 0 amide bonds. The van der Waals surface area contributed by atoms with Crippen molar-refractivity contribution < 1.29 is 0 Å². The minimum atomic E-state index is 1.02. The van der Waals surface area contributed by atoms with E-state index in [9.17, 15) is 0 Å².